The molecule has 0 fully saturated rings. The van der Waals surface area contributed by atoms with Crippen molar-refractivity contribution in [1.82, 2.24) is 0 Å². The van der Waals surface area contributed by atoms with Crippen LogP contribution in [0.4, 0.5) is 4.39 Å². The zero-order chi connectivity index (χ0) is 10.8. The van der Waals surface area contributed by atoms with E-state index in [1.807, 2.05) is 0 Å². The van der Waals surface area contributed by atoms with Gasteiger partial charge in [-0.3, -0.25) is 0 Å². The lowest BCUT2D eigenvalue weighted by Crippen LogP contribution is -2.27. The Morgan fingerprint density at radius 1 is 1.07 bits per heavy atom. The molecule has 0 saturated heterocycles. The maximum absolute atomic E-state index is 12.6. The minimum atomic E-state index is -1.63. The number of hydrogen-bond acceptors (Lipinski definition) is 3. The molecule has 0 amide bonds. The van der Waals surface area contributed by atoms with Gasteiger partial charge in [-0.15, -0.1) is 0 Å². The van der Waals surface area contributed by atoms with Crippen molar-refractivity contribution >= 4 is 12.8 Å². The van der Waals surface area contributed by atoms with E-state index in [9.17, 15) is 4.39 Å². The van der Waals surface area contributed by atoms with Crippen LogP contribution in [0.2, 0.25) is 0 Å². The molecule has 2 rings (SSSR count). The molecule has 5 heteroatoms. The number of halogens is 1. The third-order valence-electron chi connectivity index (χ3n) is 2.05. The quantitative estimate of drug-likeness (QED) is 0.713. The van der Waals surface area contributed by atoms with E-state index in [0.717, 1.165) is 5.56 Å². The molecule has 0 aliphatic heterocycles. The van der Waals surface area contributed by atoms with E-state index in [1.54, 1.807) is 12.1 Å². The average molecular weight is 206 g/mol. The Balaban J connectivity index is 2.33. The smallest absolute Gasteiger partial charge is 0.472 e. The first-order valence-corrected chi connectivity index (χ1v) is 4.37. The first-order valence-electron chi connectivity index (χ1n) is 4.37. The van der Waals surface area contributed by atoms with Gasteiger partial charge < -0.3 is 14.5 Å². The predicted molar refractivity (Wildman–Crippen MR) is 53.9 cm³/mol. The molecule has 2 aromatic rings. The molecular weight excluding hydrogens is 198 g/mol. The highest BCUT2D eigenvalue weighted by molar-refractivity contribution is 6.57. The fourth-order valence-electron chi connectivity index (χ4n) is 1.28. The Morgan fingerprint density at radius 2 is 1.73 bits per heavy atom. The van der Waals surface area contributed by atoms with Gasteiger partial charge in [-0.05, 0) is 23.8 Å². The third-order valence-corrected chi connectivity index (χ3v) is 2.05. The van der Waals surface area contributed by atoms with Gasteiger partial charge in [0.05, 0.1) is 6.26 Å². The van der Waals surface area contributed by atoms with Gasteiger partial charge in [0.15, 0.2) is 0 Å². The minimum Gasteiger partial charge on any atom is -0.472 e. The van der Waals surface area contributed by atoms with Gasteiger partial charge >= 0.3 is 7.12 Å². The summed E-state index contributed by atoms with van der Waals surface area (Å²) in [5, 5.41) is 17.7. The standard InChI is InChI=1S/C10H8BFO3/c12-9-3-1-7(2-4-9)8-5-10(11(13)14)15-6-8/h1-6,13-14H. The van der Waals surface area contributed by atoms with Crippen molar-refractivity contribution in [2.45, 2.75) is 0 Å². The minimum absolute atomic E-state index is 0.0642. The van der Waals surface area contributed by atoms with Crippen LogP contribution >= 0.6 is 0 Å². The Bertz CT molecular complexity index is 450. The van der Waals surface area contributed by atoms with E-state index in [0.29, 0.717) is 5.56 Å². The third kappa shape index (κ3) is 2.08. The van der Waals surface area contributed by atoms with Crippen LogP contribution in [0, 0.1) is 5.82 Å². The van der Waals surface area contributed by atoms with Crippen LogP contribution in [0.5, 0.6) is 0 Å². The molecule has 0 bridgehead atoms. The zero-order valence-electron chi connectivity index (χ0n) is 7.72. The molecule has 0 aliphatic rings. The number of hydrogen-bond donors (Lipinski definition) is 2. The highest BCUT2D eigenvalue weighted by Gasteiger charge is 2.16. The van der Waals surface area contributed by atoms with Gasteiger partial charge in [0.2, 0.25) is 0 Å². The SMILES string of the molecule is OB(O)c1cc(-c2ccc(F)cc2)co1. The van der Waals surface area contributed by atoms with Gasteiger partial charge in [-0.2, -0.15) is 0 Å². The van der Waals surface area contributed by atoms with Crippen molar-refractivity contribution in [3.05, 3.63) is 42.4 Å². The zero-order valence-corrected chi connectivity index (χ0v) is 7.72. The van der Waals surface area contributed by atoms with E-state index in [4.69, 9.17) is 14.5 Å². The van der Waals surface area contributed by atoms with E-state index in [1.165, 1.54) is 24.5 Å². The Hall–Kier alpha value is -1.59. The van der Waals surface area contributed by atoms with Crippen LogP contribution in [-0.2, 0) is 0 Å². The van der Waals surface area contributed by atoms with Crippen molar-refractivity contribution in [1.29, 1.82) is 0 Å². The fraction of sp³-hybridized carbons (Fsp3) is 0. The monoisotopic (exact) mass is 206 g/mol. The fourth-order valence-corrected chi connectivity index (χ4v) is 1.28. The molecule has 3 nitrogen and oxygen atoms in total. The average Bonchev–Trinajstić information content (AvgIpc) is 2.68. The lowest BCUT2D eigenvalue weighted by Gasteiger charge is -1.95. The second kappa shape index (κ2) is 3.88. The van der Waals surface area contributed by atoms with Crippen molar-refractivity contribution in [3.63, 3.8) is 0 Å². The first kappa shape index (κ1) is 9.95. The molecule has 15 heavy (non-hydrogen) atoms. The summed E-state index contributed by atoms with van der Waals surface area (Å²) < 4.78 is 17.5. The molecule has 1 heterocycles. The first-order chi connectivity index (χ1) is 7.16. The van der Waals surface area contributed by atoms with Gasteiger partial charge in [-0.1, -0.05) is 12.1 Å². The van der Waals surface area contributed by atoms with Gasteiger partial charge in [0, 0.05) is 5.56 Å². The van der Waals surface area contributed by atoms with Gasteiger partial charge in [-0.25, -0.2) is 4.39 Å². The van der Waals surface area contributed by atoms with Crippen molar-refractivity contribution < 1.29 is 18.9 Å². The Morgan fingerprint density at radius 3 is 2.27 bits per heavy atom. The topological polar surface area (TPSA) is 53.6 Å². The lowest BCUT2D eigenvalue weighted by molar-refractivity contribution is 0.409. The maximum Gasteiger partial charge on any atom is 0.526 e. The van der Waals surface area contributed by atoms with Crippen LogP contribution in [0.15, 0.2) is 41.0 Å². The van der Waals surface area contributed by atoms with Gasteiger partial charge in [0.1, 0.15) is 11.5 Å². The summed E-state index contributed by atoms with van der Waals surface area (Å²) in [4.78, 5) is 0. The normalized spacial score (nSPS) is 10.3. The summed E-state index contributed by atoms with van der Waals surface area (Å²) in [6, 6.07) is 7.34. The van der Waals surface area contributed by atoms with Crippen molar-refractivity contribution in [3.8, 4) is 11.1 Å². The van der Waals surface area contributed by atoms with Gasteiger partial charge in [0.25, 0.3) is 0 Å². The van der Waals surface area contributed by atoms with Crippen molar-refractivity contribution in [2.24, 2.45) is 0 Å². The van der Waals surface area contributed by atoms with E-state index in [-0.39, 0.29) is 11.5 Å². The second-order valence-corrected chi connectivity index (χ2v) is 3.12. The summed E-state index contributed by atoms with van der Waals surface area (Å²) in [5.74, 6) is -0.315. The molecular formula is C10H8BFO3. The van der Waals surface area contributed by atoms with Crippen LogP contribution in [0.25, 0.3) is 11.1 Å². The summed E-state index contributed by atoms with van der Waals surface area (Å²) in [7, 11) is -1.63. The molecule has 2 N–H and O–H groups in total. The summed E-state index contributed by atoms with van der Waals surface area (Å²) >= 11 is 0. The molecule has 0 radical (unpaired) electrons. The lowest BCUT2D eigenvalue weighted by atomic mass is 9.87. The van der Waals surface area contributed by atoms with Crippen LogP contribution < -0.4 is 5.66 Å². The summed E-state index contributed by atoms with van der Waals surface area (Å²) in [5.41, 5.74) is 1.50. The highest BCUT2D eigenvalue weighted by atomic mass is 19.1. The Labute approximate surface area is 85.9 Å². The van der Waals surface area contributed by atoms with Crippen LogP contribution in [0.3, 0.4) is 0 Å². The molecule has 1 aromatic carbocycles. The molecule has 76 valence electrons. The van der Waals surface area contributed by atoms with Crippen molar-refractivity contribution in [2.75, 3.05) is 0 Å². The molecule has 0 atom stereocenters. The predicted octanol–water partition coefficient (Wildman–Crippen LogP) is 0.765. The second-order valence-electron chi connectivity index (χ2n) is 3.12. The summed E-state index contributed by atoms with van der Waals surface area (Å²) in [6.45, 7) is 0. The van der Waals surface area contributed by atoms with E-state index >= 15 is 0 Å². The van der Waals surface area contributed by atoms with Crippen LogP contribution in [-0.4, -0.2) is 17.2 Å². The van der Waals surface area contributed by atoms with Crippen LogP contribution in [0.1, 0.15) is 0 Å². The highest BCUT2D eigenvalue weighted by Crippen LogP contribution is 2.18. The number of rotatable bonds is 2. The summed E-state index contributed by atoms with van der Waals surface area (Å²) in [6.07, 6.45) is 1.39. The Kier molecular flexibility index (Phi) is 2.57. The molecule has 0 spiro atoms. The van der Waals surface area contributed by atoms with E-state index < -0.39 is 7.12 Å². The van der Waals surface area contributed by atoms with E-state index in [2.05, 4.69) is 0 Å². The maximum atomic E-state index is 12.6. The number of benzene rings is 1. The molecule has 0 saturated carbocycles. The molecule has 0 aliphatic carbocycles. The molecule has 0 unspecified atom stereocenters. The number of furan rings is 1. The molecule has 1 aromatic heterocycles. The largest absolute Gasteiger partial charge is 0.526 e.